The van der Waals surface area contributed by atoms with Crippen molar-refractivity contribution in [1.29, 1.82) is 0 Å². The zero-order chi connectivity index (χ0) is 16.7. The molecule has 4 N–H and O–H groups in total. The third kappa shape index (κ3) is 6.07. The Labute approximate surface area is 137 Å². The van der Waals surface area contributed by atoms with Crippen molar-refractivity contribution in [3.63, 3.8) is 0 Å². The van der Waals surface area contributed by atoms with Crippen LogP contribution >= 0.6 is 0 Å². The largest absolute Gasteiger partial charge is 0.493 e. The van der Waals surface area contributed by atoms with Crippen LogP contribution in [0.4, 0.5) is 0 Å². The Morgan fingerprint density at radius 2 is 2.22 bits per heavy atom. The van der Waals surface area contributed by atoms with Crippen molar-refractivity contribution in [3.05, 3.63) is 29.3 Å². The number of nitrogens with one attached hydrogen (secondary N) is 2. The van der Waals surface area contributed by atoms with Gasteiger partial charge < -0.3 is 15.4 Å². The molecule has 128 valence electrons. The van der Waals surface area contributed by atoms with E-state index in [1.54, 1.807) is 0 Å². The van der Waals surface area contributed by atoms with Crippen LogP contribution in [0, 0.1) is 0 Å². The van der Waals surface area contributed by atoms with Gasteiger partial charge in [0.2, 0.25) is 10.0 Å². The van der Waals surface area contributed by atoms with Crippen LogP contribution in [0.5, 0.6) is 5.75 Å². The molecular weight excluding hydrogens is 316 g/mol. The number of rotatable bonds is 7. The van der Waals surface area contributed by atoms with E-state index in [-0.39, 0.29) is 12.3 Å². The van der Waals surface area contributed by atoms with Gasteiger partial charge in [-0.1, -0.05) is 12.1 Å². The van der Waals surface area contributed by atoms with E-state index in [1.165, 1.54) is 11.1 Å². The van der Waals surface area contributed by atoms with Gasteiger partial charge in [-0.3, -0.25) is 4.99 Å². The minimum absolute atomic E-state index is 0.143. The van der Waals surface area contributed by atoms with Gasteiger partial charge >= 0.3 is 0 Å². The van der Waals surface area contributed by atoms with E-state index in [0.717, 1.165) is 25.2 Å². The highest BCUT2D eigenvalue weighted by Crippen LogP contribution is 2.25. The van der Waals surface area contributed by atoms with E-state index in [1.807, 2.05) is 13.0 Å². The van der Waals surface area contributed by atoms with Crippen molar-refractivity contribution in [1.82, 2.24) is 10.6 Å². The number of aliphatic imine (C=N–C) groups is 1. The van der Waals surface area contributed by atoms with Gasteiger partial charge in [0.25, 0.3) is 0 Å². The van der Waals surface area contributed by atoms with Gasteiger partial charge in [-0.25, -0.2) is 13.6 Å². The van der Waals surface area contributed by atoms with Gasteiger partial charge in [-0.2, -0.15) is 0 Å². The molecule has 2 rings (SSSR count). The molecule has 0 radical (unpaired) electrons. The highest BCUT2D eigenvalue weighted by molar-refractivity contribution is 7.89. The second-order valence-electron chi connectivity index (χ2n) is 5.34. The Balaban J connectivity index is 1.82. The van der Waals surface area contributed by atoms with Crippen molar-refractivity contribution < 1.29 is 13.2 Å². The third-order valence-corrected chi connectivity index (χ3v) is 4.20. The van der Waals surface area contributed by atoms with E-state index in [4.69, 9.17) is 9.88 Å². The number of nitrogens with two attached hydrogens (primary N) is 1. The van der Waals surface area contributed by atoms with Crippen molar-refractivity contribution in [2.75, 3.05) is 32.0 Å². The minimum atomic E-state index is -3.48. The van der Waals surface area contributed by atoms with E-state index in [9.17, 15) is 8.42 Å². The summed E-state index contributed by atoms with van der Waals surface area (Å²) in [5, 5.41) is 11.2. The Morgan fingerprint density at radius 1 is 1.39 bits per heavy atom. The molecule has 0 unspecified atom stereocenters. The van der Waals surface area contributed by atoms with Crippen LogP contribution in [0.15, 0.2) is 23.2 Å². The van der Waals surface area contributed by atoms with E-state index >= 15 is 0 Å². The second-order valence-corrected chi connectivity index (χ2v) is 7.08. The van der Waals surface area contributed by atoms with Gasteiger partial charge in [-0.05, 0) is 30.5 Å². The summed E-state index contributed by atoms with van der Waals surface area (Å²) in [4.78, 5) is 4.20. The Kier molecular flexibility index (Phi) is 6.23. The quantitative estimate of drug-likeness (QED) is 0.479. The molecule has 0 fully saturated rings. The molecule has 1 aromatic carbocycles. The maximum atomic E-state index is 10.9. The van der Waals surface area contributed by atoms with Crippen molar-refractivity contribution >= 4 is 16.0 Å². The van der Waals surface area contributed by atoms with Gasteiger partial charge in [-0.15, -0.1) is 0 Å². The number of guanidine groups is 1. The standard InChI is InChI=1S/C15H24N4O3S/c1-2-17-15(19-8-10-23(16,20)21)18-7-5-12-3-4-14-13(11-12)6-9-22-14/h3-4,11H,2,5-10H2,1H3,(H2,16,20,21)(H2,17,18,19). The van der Waals surface area contributed by atoms with Crippen LogP contribution in [0.3, 0.4) is 0 Å². The highest BCUT2D eigenvalue weighted by Gasteiger charge is 2.11. The first kappa shape index (κ1) is 17.6. The molecule has 0 bridgehead atoms. The normalized spacial score (nSPS) is 14.3. The minimum Gasteiger partial charge on any atom is -0.493 e. The summed E-state index contributed by atoms with van der Waals surface area (Å²) in [7, 11) is -3.48. The third-order valence-electron chi connectivity index (χ3n) is 3.45. The molecule has 8 heteroatoms. The SMILES string of the molecule is CCNC(=NCCS(N)(=O)=O)NCCc1ccc2c(c1)CCO2. The molecule has 0 saturated carbocycles. The fourth-order valence-corrected chi connectivity index (χ4v) is 2.69. The predicted octanol–water partition coefficient (Wildman–Crippen LogP) is 0.00760. The van der Waals surface area contributed by atoms with E-state index in [2.05, 4.69) is 27.8 Å². The Bertz CT molecular complexity index is 659. The van der Waals surface area contributed by atoms with E-state index < -0.39 is 10.0 Å². The summed E-state index contributed by atoms with van der Waals surface area (Å²) in [5.41, 5.74) is 2.50. The van der Waals surface area contributed by atoms with Gasteiger partial charge in [0.1, 0.15) is 5.75 Å². The molecule has 1 aliphatic rings. The molecule has 0 amide bonds. The zero-order valence-electron chi connectivity index (χ0n) is 13.3. The maximum Gasteiger partial charge on any atom is 0.210 e. The van der Waals surface area contributed by atoms with E-state index in [0.29, 0.717) is 19.0 Å². The first-order valence-corrected chi connectivity index (χ1v) is 9.47. The fraction of sp³-hybridized carbons (Fsp3) is 0.533. The molecule has 0 spiro atoms. The zero-order valence-corrected chi connectivity index (χ0v) is 14.2. The van der Waals surface area contributed by atoms with Crippen molar-refractivity contribution in [2.45, 2.75) is 19.8 Å². The molecular formula is C15H24N4O3S. The number of hydrogen-bond acceptors (Lipinski definition) is 4. The molecule has 0 atom stereocenters. The van der Waals surface area contributed by atoms with Crippen LogP contribution in [-0.2, 0) is 22.9 Å². The molecule has 1 heterocycles. The average molecular weight is 340 g/mol. The topological polar surface area (TPSA) is 106 Å². The summed E-state index contributed by atoms with van der Waals surface area (Å²) >= 11 is 0. The lowest BCUT2D eigenvalue weighted by Crippen LogP contribution is -2.38. The molecule has 7 nitrogen and oxygen atoms in total. The number of primary sulfonamides is 1. The Morgan fingerprint density at radius 3 is 2.96 bits per heavy atom. The number of ether oxygens (including phenoxy) is 1. The maximum absolute atomic E-state index is 10.9. The number of fused-ring (bicyclic) bond motifs is 1. The van der Waals surface area contributed by atoms with Gasteiger partial charge in [0.15, 0.2) is 5.96 Å². The summed E-state index contributed by atoms with van der Waals surface area (Å²) in [6.45, 7) is 4.28. The summed E-state index contributed by atoms with van der Waals surface area (Å²) in [6.07, 6.45) is 1.82. The molecule has 0 saturated heterocycles. The lowest BCUT2D eigenvalue weighted by molar-refractivity contribution is 0.357. The number of sulfonamides is 1. The lowest BCUT2D eigenvalue weighted by atomic mass is 10.1. The van der Waals surface area contributed by atoms with Crippen LogP contribution < -0.4 is 20.5 Å². The molecule has 0 aliphatic carbocycles. The smallest absolute Gasteiger partial charge is 0.210 e. The van der Waals surface area contributed by atoms with Crippen molar-refractivity contribution in [3.8, 4) is 5.75 Å². The summed E-state index contributed by atoms with van der Waals surface area (Å²) in [5.74, 6) is 1.43. The summed E-state index contributed by atoms with van der Waals surface area (Å²) < 4.78 is 27.3. The molecule has 1 aromatic rings. The van der Waals surface area contributed by atoms with Crippen LogP contribution in [0.2, 0.25) is 0 Å². The van der Waals surface area contributed by atoms with Gasteiger partial charge in [0.05, 0.1) is 18.9 Å². The fourth-order valence-electron chi connectivity index (χ4n) is 2.35. The first-order valence-electron chi connectivity index (χ1n) is 7.75. The first-order chi connectivity index (χ1) is 11.0. The van der Waals surface area contributed by atoms with Crippen molar-refractivity contribution in [2.24, 2.45) is 10.1 Å². The predicted molar refractivity (Wildman–Crippen MR) is 91.3 cm³/mol. The second kappa shape index (κ2) is 8.16. The van der Waals surface area contributed by atoms with Crippen LogP contribution in [-0.4, -0.2) is 46.4 Å². The highest BCUT2D eigenvalue weighted by atomic mass is 32.2. The lowest BCUT2D eigenvalue weighted by Gasteiger charge is -2.11. The molecule has 23 heavy (non-hydrogen) atoms. The Hall–Kier alpha value is -1.80. The number of nitrogens with zero attached hydrogens (tertiary/aromatic N) is 1. The molecule has 0 aromatic heterocycles. The summed E-state index contributed by atoms with van der Waals surface area (Å²) in [6, 6.07) is 6.26. The van der Waals surface area contributed by atoms with Crippen LogP contribution in [0.1, 0.15) is 18.1 Å². The molecule has 1 aliphatic heterocycles. The van der Waals surface area contributed by atoms with Gasteiger partial charge in [0, 0.05) is 19.5 Å². The average Bonchev–Trinajstić information content (AvgIpc) is 2.93. The number of benzene rings is 1. The number of hydrogen-bond donors (Lipinski definition) is 3. The van der Waals surface area contributed by atoms with Crippen LogP contribution in [0.25, 0.3) is 0 Å². The monoisotopic (exact) mass is 340 g/mol.